The molecule has 0 aliphatic rings. The number of sulfonamides is 1. The fraction of sp³-hybridized carbons (Fsp3) is 0.333. The van der Waals surface area contributed by atoms with Gasteiger partial charge in [0.25, 0.3) is 5.69 Å². The number of benzene rings is 2. The molecule has 2 aromatic rings. The second kappa shape index (κ2) is 10.7. The van der Waals surface area contributed by atoms with E-state index in [-0.39, 0.29) is 23.8 Å². The van der Waals surface area contributed by atoms with Crippen molar-refractivity contribution in [1.82, 2.24) is 10.2 Å². The monoisotopic (exact) mass is 462 g/mol. The normalized spacial score (nSPS) is 12.0. The number of nitrogens with one attached hydrogen (secondary N) is 1. The molecule has 0 aromatic heterocycles. The molecule has 1 N–H and O–H groups in total. The van der Waals surface area contributed by atoms with E-state index < -0.39 is 33.4 Å². The average Bonchev–Trinajstić information content (AvgIpc) is 2.75. The summed E-state index contributed by atoms with van der Waals surface area (Å²) in [6, 6.07) is 13.1. The molecule has 32 heavy (non-hydrogen) atoms. The van der Waals surface area contributed by atoms with Gasteiger partial charge in [-0.25, -0.2) is 8.42 Å². The lowest BCUT2D eigenvalue weighted by Crippen LogP contribution is -2.51. The van der Waals surface area contributed by atoms with Crippen LogP contribution in [0.15, 0.2) is 54.6 Å². The topological polar surface area (TPSA) is 130 Å². The van der Waals surface area contributed by atoms with Crippen LogP contribution in [0.25, 0.3) is 0 Å². The highest BCUT2D eigenvalue weighted by molar-refractivity contribution is 7.92. The van der Waals surface area contributed by atoms with Crippen LogP contribution >= 0.6 is 0 Å². The van der Waals surface area contributed by atoms with Crippen molar-refractivity contribution < 1.29 is 22.9 Å². The van der Waals surface area contributed by atoms with Crippen molar-refractivity contribution in [2.45, 2.75) is 26.4 Å². The Bertz CT molecular complexity index is 1070. The molecule has 0 bridgehead atoms. The minimum atomic E-state index is -3.96. The second-order valence-electron chi connectivity index (χ2n) is 7.12. The summed E-state index contributed by atoms with van der Waals surface area (Å²) in [6.07, 6.45) is 0.911. The molecule has 11 heteroatoms. The van der Waals surface area contributed by atoms with Crippen molar-refractivity contribution in [2.75, 3.05) is 23.7 Å². The van der Waals surface area contributed by atoms with Gasteiger partial charge >= 0.3 is 0 Å². The van der Waals surface area contributed by atoms with Crippen molar-refractivity contribution in [3.05, 3.63) is 70.3 Å². The number of carbonyl (C=O) groups excluding carboxylic acids is 2. The molecule has 0 spiro atoms. The highest BCUT2D eigenvalue weighted by Gasteiger charge is 2.30. The Kier molecular flexibility index (Phi) is 8.30. The molecule has 0 heterocycles. The third kappa shape index (κ3) is 6.51. The van der Waals surface area contributed by atoms with E-state index in [2.05, 4.69) is 5.32 Å². The highest BCUT2D eigenvalue weighted by Crippen LogP contribution is 2.23. The maximum absolute atomic E-state index is 13.3. The predicted octanol–water partition coefficient (Wildman–Crippen LogP) is 1.91. The number of nitrogens with zero attached hydrogens (tertiary/aromatic N) is 3. The zero-order valence-electron chi connectivity index (χ0n) is 18.1. The zero-order valence-corrected chi connectivity index (χ0v) is 18.9. The lowest BCUT2D eigenvalue weighted by molar-refractivity contribution is -0.384. The van der Waals surface area contributed by atoms with E-state index in [1.54, 1.807) is 38.1 Å². The van der Waals surface area contributed by atoms with Crippen molar-refractivity contribution >= 4 is 33.2 Å². The van der Waals surface area contributed by atoms with E-state index in [9.17, 15) is 28.1 Å². The van der Waals surface area contributed by atoms with Gasteiger partial charge in [0.05, 0.1) is 16.9 Å². The first-order valence-corrected chi connectivity index (χ1v) is 11.7. The standard InChI is InChI=1S/C21H26N4O6S/c1-4-22-21(27)16(2)23(14-17-9-6-5-7-10-17)20(26)15-24(32(3,30)31)18-11-8-12-19(13-18)25(28)29/h5-13,16H,4,14-15H2,1-3H3,(H,22,27)/t16-/m0/s1. The molecule has 2 rings (SSSR count). The number of rotatable bonds is 10. The minimum absolute atomic E-state index is 0.0135. The van der Waals surface area contributed by atoms with E-state index in [0.29, 0.717) is 6.54 Å². The van der Waals surface area contributed by atoms with Crippen LogP contribution in [0.4, 0.5) is 11.4 Å². The van der Waals surface area contributed by atoms with Crippen molar-refractivity contribution in [3.63, 3.8) is 0 Å². The predicted molar refractivity (Wildman–Crippen MR) is 120 cm³/mol. The number of anilines is 1. The molecule has 1 atom stereocenters. The molecule has 172 valence electrons. The molecule has 10 nitrogen and oxygen atoms in total. The first kappa shape index (κ1) is 24.8. The molecule has 2 amide bonds. The molecular formula is C21H26N4O6S. The van der Waals surface area contributed by atoms with Crippen LogP contribution < -0.4 is 9.62 Å². The minimum Gasteiger partial charge on any atom is -0.355 e. The molecule has 0 aliphatic heterocycles. The van der Waals surface area contributed by atoms with Gasteiger partial charge in [0.2, 0.25) is 21.8 Å². The number of nitro benzene ring substituents is 1. The summed E-state index contributed by atoms with van der Waals surface area (Å²) < 4.78 is 25.7. The Hall–Kier alpha value is -3.47. The Labute approximate surface area is 187 Å². The maximum Gasteiger partial charge on any atom is 0.271 e. The smallest absolute Gasteiger partial charge is 0.271 e. The number of nitro groups is 1. The summed E-state index contributed by atoms with van der Waals surface area (Å²) in [5.74, 6) is -0.998. The van der Waals surface area contributed by atoms with Crippen LogP contribution in [0.5, 0.6) is 0 Å². The number of hydrogen-bond acceptors (Lipinski definition) is 6. The zero-order chi connectivity index (χ0) is 23.9. The maximum atomic E-state index is 13.3. The Morgan fingerprint density at radius 3 is 2.34 bits per heavy atom. The summed E-state index contributed by atoms with van der Waals surface area (Å²) in [7, 11) is -3.96. The highest BCUT2D eigenvalue weighted by atomic mass is 32.2. The van der Waals surface area contributed by atoms with Gasteiger partial charge in [0.15, 0.2) is 0 Å². The van der Waals surface area contributed by atoms with E-state index in [0.717, 1.165) is 22.2 Å². The molecule has 0 saturated carbocycles. The van der Waals surface area contributed by atoms with Gasteiger partial charge < -0.3 is 10.2 Å². The Balaban J connectivity index is 2.40. The second-order valence-corrected chi connectivity index (χ2v) is 9.03. The van der Waals surface area contributed by atoms with Gasteiger partial charge in [-0.1, -0.05) is 36.4 Å². The van der Waals surface area contributed by atoms with Crippen molar-refractivity contribution in [2.24, 2.45) is 0 Å². The number of carbonyl (C=O) groups is 2. The molecule has 0 radical (unpaired) electrons. The van der Waals surface area contributed by atoms with Crippen LogP contribution in [-0.4, -0.2) is 55.4 Å². The number of hydrogen-bond donors (Lipinski definition) is 1. The van der Waals surface area contributed by atoms with Gasteiger partial charge in [-0.3, -0.25) is 24.0 Å². The van der Waals surface area contributed by atoms with E-state index in [1.165, 1.54) is 23.1 Å². The largest absolute Gasteiger partial charge is 0.355 e. The van der Waals surface area contributed by atoms with E-state index >= 15 is 0 Å². The molecule has 0 fully saturated rings. The van der Waals surface area contributed by atoms with Crippen LogP contribution in [0.2, 0.25) is 0 Å². The molecule has 0 saturated heterocycles. The van der Waals surface area contributed by atoms with Crippen molar-refractivity contribution in [1.29, 1.82) is 0 Å². The van der Waals surface area contributed by atoms with Crippen LogP contribution in [0, 0.1) is 10.1 Å². The number of likely N-dealkylation sites (N-methyl/N-ethyl adjacent to an activating group) is 1. The summed E-state index contributed by atoms with van der Waals surface area (Å²) in [6.45, 7) is 3.16. The van der Waals surface area contributed by atoms with E-state index in [4.69, 9.17) is 0 Å². The van der Waals surface area contributed by atoms with Crippen molar-refractivity contribution in [3.8, 4) is 0 Å². The fourth-order valence-corrected chi connectivity index (χ4v) is 3.90. The van der Waals surface area contributed by atoms with Gasteiger partial charge in [-0.05, 0) is 25.5 Å². The average molecular weight is 463 g/mol. The summed E-state index contributed by atoms with van der Waals surface area (Å²) in [5, 5.41) is 13.8. The Morgan fingerprint density at radius 2 is 1.78 bits per heavy atom. The van der Waals surface area contributed by atoms with Gasteiger partial charge in [0.1, 0.15) is 12.6 Å². The quantitative estimate of drug-likeness (QED) is 0.424. The van der Waals surface area contributed by atoms with Crippen LogP contribution in [0.3, 0.4) is 0 Å². The van der Waals surface area contributed by atoms with Gasteiger partial charge in [0, 0.05) is 25.2 Å². The third-order valence-electron chi connectivity index (χ3n) is 4.72. The van der Waals surface area contributed by atoms with Crippen LogP contribution in [0.1, 0.15) is 19.4 Å². The molecule has 2 aromatic carbocycles. The van der Waals surface area contributed by atoms with Crippen LogP contribution in [-0.2, 0) is 26.2 Å². The molecule has 0 unspecified atom stereocenters. The summed E-state index contributed by atoms with van der Waals surface area (Å²) >= 11 is 0. The lowest BCUT2D eigenvalue weighted by Gasteiger charge is -2.31. The summed E-state index contributed by atoms with van der Waals surface area (Å²) in [5.41, 5.74) is 0.444. The first-order valence-electron chi connectivity index (χ1n) is 9.87. The molecular weight excluding hydrogens is 436 g/mol. The SMILES string of the molecule is CCNC(=O)[C@H](C)N(Cc1ccccc1)C(=O)CN(c1cccc([N+](=O)[O-])c1)S(C)(=O)=O. The third-order valence-corrected chi connectivity index (χ3v) is 5.86. The van der Waals surface area contributed by atoms with Gasteiger partial charge in [-0.15, -0.1) is 0 Å². The molecule has 0 aliphatic carbocycles. The van der Waals surface area contributed by atoms with E-state index in [1.807, 2.05) is 6.07 Å². The number of non-ortho nitro benzene ring substituents is 1. The summed E-state index contributed by atoms with van der Waals surface area (Å²) in [4.78, 5) is 37.4. The first-order chi connectivity index (χ1) is 15.0. The van der Waals surface area contributed by atoms with Gasteiger partial charge in [-0.2, -0.15) is 0 Å². The Morgan fingerprint density at radius 1 is 1.12 bits per heavy atom. The fourth-order valence-electron chi connectivity index (χ4n) is 3.06. The number of amides is 2. The lowest BCUT2D eigenvalue weighted by atomic mass is 10.1.